The summed E-state index contributed by atoms with van der Waals surface area (Å²) < 4.78 is 22.4. The maximum atomic E-state index is 12.2. The fourth-order valence-corrected chi connectivity index (χ4v) is 2.82. The van der Waals surface area contributed by atoms with Gasteiger partial charge in [0.15, 0.2) is 11.6 Å². The summed E-state index contributed by atoms with van der Waals surface area (Å²) in [6.07, 6.45) is 1.33. The van der Waals surface area contributed by atoms with Crippen molar-refractivity contribution in [3.8, 4) is 0 Å². The lowest BCUT2D eigenvalue weighted by Gasteiger charge is -2.03. The number of fused-ring (bicyclic) bond motifs is 1. The first-order valence-corrected chi connectivity index (χ1v) is 8.20. The predicted molar refractivity (Wildman–Crippen MR) is 84.6 cm³/mol. The molecular formula is C16H12N2O4S. The lowest BCUT2D eigenvalue weighted by atomic mass is 10.1. The molecule has 0 heterocycles. The van der Waals surface area contributed by atoms with E-state index in [1.54, 1.807) is 24.3 Å². The predicted octanol–water partition coefficient (Wildman–Crippen LogP) is 1.71. The zero-order valence-corrected chi connectivity index (χ0v) is 12.6. The molecule has 0 saturated heterocycles. The molecule has 0 fully saturated rings. The normalized spacial score (nSPS) is 13.9. The largest absolute Gasteiger partial charge is 0.361 e. The number of hydrogen-bond acceptors (Lipinski definition) is 5. The SMILES string of the molecule is NS(=O)(=O)c1ccc(NC=C2C(=O)c3ccccc3C2=O)cc1. The highest BCUT2D eigenvalue weighted by atomic mass is 32.2. The number of anilines is 1. The highest BCUT2D eigenvalue weighted by Crippen LogP contribution is 2.26. The Morgan fingerprint density at radius 2 is 1.39 bits per heavy atom. The van der Waals surface area contributed by atoms with Crippen molar-refractivity contribution in [3.63, 3.8) is 0 Å². The number of nitrogens with two attached hydrogens (primary N) is 1. The Morgan fingerprint density at radius 3 is 1.87 bits per heavy atom. The topological polar surface area (TPSA) is 106 Å². The fourth-order valence-electron chi connectivity index (χ4n) is 2.30. The third kappa shape index (κ3) is 2.79. The van der Waals surface area contributed by atoms with Gasteiger partial charge in [-0.1, -0.05) is 24.3 Å². The first-order chi connectivity index (χ1) is 10.9. The van der Waals surface area contributed by atoms with Crippen LogP contribution in [0, 0.1) is 0 Å². The minimum absolute atomic E-state index is 0.0175. The summed E-state index contributed by atoms with van der Waals surface area (Å²) in [7, 11) is -3.76. The summed E-state index contributed by atoms with van der Waals surface area (Å²) in [5.74, 6) is -0.668. The van der Waals surface area contributed by atoms with E-state index in [1.165, 1.54) is 30.5 Å². The van der Waals surface area contributed by atoms with E-state index in [0.29, 0.717) is 16.8 Å². The van der Waals surface area contributed by atoms with Crippen LogP contribution in [0.3, 0.4) is 0 Å². The van der Waals surface area contributed by atoms with Crippen molar-refractivity contribution in [3.05, 3.63) is 71.4 Å². The Morgan fingerprint density at radius 1 is 0.870 bits per heavy atom. The highest BCUT2D eigenvalue weighted by Gasteiger charge is 2.32. The molecule has 0 saturated carbocycles. The van der Waals surface area contributed by atoms with Gasteiger partial charge in [-0.3, -0.25) is 9.59 Å². The molecule has 0 bridgehead atoms. The van der Waals surface area contributed by atoms with Gasteiger partial charge in [-0.2, -0.15) is 0 Å². The molecule has 6 nitrogen and oxygen atoms in total. The molecule has 3 N–H and O–H groups in total. The molecule has 2 aromatic carbocycles. The van der Waals surface area contributed by atoms with Crippen molar-refractivity contribution < 1.29 is 18.0 Å². The van der Waals surface area contributed by atoms with E-state index < -0.39 is 10.0 Å². The maximum Gasteiger partial charge on any atom is 0.238 e. The Bertz CT molecular complexity index is 907. The zero-order chi connectivity index (χ0) is 16.6. The molecule has 0 atom stereocenters. The van der Waals surface area contributed by atoms with Crippen molar-refractivity contribution in [2.45, 2.75) is 4.90 Å². The van der Waals surface area contributed by atoms with Gasteiger partial charge in [0.1, 0.15) is 0 Å². The number of ketones is 2. The number of hydrogen-bond donors (Lipinski definition) is 2. The molecule has 0 unspecified atom stereocenters. The standard InChI is InChI=1S/C16H12N2O4S/c17-23(21,22)11-7-5-10(6-8-11)18-9-14-15(19)12-3-1-2-4-13(12)16(14)20/h1-9,18H,(H2,17,21,22). The van der Waals surface area contributed by atoms with E-state index in [2.05, 4.69) is 5.32 Å². The molecule has 0 radical (unpaired) electrons. The van der Waals surface area contributed by atoms with Crippen LogP contribution in [0.15, 0.2) is 65.2 Å². The van der Waals surface area contributed by atoms with Crippen LogP contribution in [0.5, 0.6) is 0 Å². The molecule has 0 aromatic heterocycles. The van der Waals surface area contributed by atoms with Crippen molar-refractivity contribution in [2.75, 3.05) is 5.32 Å². The maximum absolute atomic E-state index is 12.2. The van der Waals surface area contributed by atoms with Crippen LogP contribution in [0.2, 0.25) is 0 Å². The number of nitrogens with one attached hydrogen (secondary N) is 1. The lowest BCUT2D eigenvalue weighted by molar-refractivity contribution is 0.0988. The molecular weight excluding hydrogens is 316 g/mol. The number of allylic oxidation sites excluding steroid dienone is 1. The molecule has 1 aliphatic carbocycles. The third-order valence-electron chi connectivity index (χ3n) is 3.47. The number of carbonyl (C=O) groups excluding carboxylic acids is 2. The molecule has 0 amide bonds. The molecule has 3 rings (SSSR count). The Labute approximate surface area is 132 Å². The van der Waals surface area contributed by atoms with Gasteiger partial charge in [-0.25, -0.2) is 13.6 Å². The summed E-state index contributed by atoms with van der Waals surface area (Å²) in [5, 5.41) is 7.84. The van der Waals surface area contributed by atoms with Gasteiger partial charge in [0, 0.05) is 23.0 Å². The summed E-state index contributed by atoms with van der Waals surface area (Å²) in [5.41, 5.74) is 1.34. The minimum atomic E-state index is -3.76. The van der Waals surface area contributed by atoms with Crippen LogP contribution < -0.4 is 10.5 Å². The van der Waals surface area contributed by atoms with E-state index in [9.17, 15) is 18.0 Å². The smallest absolute Gasteiger partial charge is 0.238 e. The van der Waals surface area contributed by atoms with Crippen molar-refractivity contribution >= 4 is 27.3 Å². The highest BCUT2D eigenvalue weighted by molar-refractivity contribution is 7.89. The molecule has 7 heteroatoms. The van der Waals surface area contributed by atoms with E-state index >= 15 is 0 Å². The first kappa shape index (κ1) is 15.1. The molecule has 116 valence electrons. The van der Waals surface area contributed by atoms with Gasteiger partial charge in [0.25, 0.3) is 0 Å². The Kier molecular flexibility index (Phi) is 3.59. The molecule has 2 aromatic rings. The van der Waals surface area contributed by atoms with Crippen molar-refractivity contribution in [1.82, 2.24) is 0 Å². The second-order valence-corrected chi connectivity index (χ2v) is 6.54. The number of rotatable bonds is 3. The van der Waals surface area contributed by atoms with E-state index in [4.69, 9.17) is 5.14 Å². The monoisotopic (exact) mass is 328 g/mol. The Balaban J connectivity index is 1.84. The number of benzene rings is 2. The van der Waals surface area contributed by atoms with Gasteiger partial charge in [0.2, 0.25) is 10.0 Å². The van der Waals surface area contributed by atoms with Crippen molar-refractivity contribution in [2.24, 2.45) is 5.14 Å². The quantitative estimate of drug-likeness (QED) is 0.659. The first-order valence-electron chi connectivity index (χ1n) is 6.66. The number of carbonyl (C=O) groups is 2. The van der Waals surface area contributed by atoms with Crippen molar-refractivity contribution in [1.29, 1.82) is 0 Å². The number of Topliss-reactive ketones (excluding diaryl/α,β-unsaturated/α-hetero) is 2. The van der Waals surface area contributed by atoms with Crippen LogP contribution in [-0.4, -0.2) is 20.0 Å². The van der Waals surface area contributed by atoms with E-state index in [1.807, 2.05) is 0 Å². The second-order valence-electron chi connectivity index (χ2n) is 4.98. The molecule has 1 aliphatic rings. The van der Waals surface area contributed by atoms with Crippen LogP contribution >= 0.6 is 0 Å². The fraction of sp³-hybridized carbons (Fsp3) is 0. The second kappa shape index (κ2) is 5.45. The van der Waals surface area contributed by atoms with Crippen LogP contribution in [0.1, 0.15) is 20.7 Å². The third-order valence-corrected chi connectivity index (χ3v) is 4.40. The van der Waals surface area contributed by atoms with E-state index in [0.717, 1.165) is 0 Å². The average Bonchev–Trinajstić information content (AvgIpc) is 2.77. The van der Waals surface area contributed by atoms with Crippen LogP contribution in [0.4, 0.5) is 5.69 Å². The zero-order valence-electron chi connectivity index (χ0n) is 11.8. The summed E-state index contributed by atoms with van der Waals surface area (Å²) in [4.78, 5) is 24.4. The van der Waals surface area contributed by atoms with Crippen LogP contribution in [-0.2, 0) is 10.0 Å². The molecule has 23 heavy (non-hydrogen) atoms. The minimum Gasteiger partial charge on any atom is -0.361 e. The van der Waals surface area contributed by atoms with Gasteiger partial charge in [0.05, 0.1) is 10.5 Å². The summed E-state index contributed by atoms with van der Waals surface area (Å²) >= 11 is 0. The van der Waals surface area contributed by atoms with Crippen LogP contribution in [0.25, 0.3) is 0 Å². The van der Waals surface area contributed by atoms with Gasteiger partial charge in [-0.05, 0) is 24.3 Å². The summed E-state index contributed by atoms with van der Waals surface area (Å²) in [6, 6.07) is 12.3. The number of primary sulfonamides is 1. The lowest BCUT2D eigenvalue weighted by Crippen LogP contribution is -2.11. The average molecular weight is 328 g/mol. The van der Waals surface area contributed by atoms with Gasteiger partial charge in [-0.15, -0.1) is 0 Å². The van der Waals surface area contributed by atoms with Gasteiger partial charge >= 0.3 is 0 Å². The summed E-state index contributed by atoms with van der Waals surface area (Å²) in [6.45, 7) is 0. The van der Waals surface area contributed by atoms with Gasteiger partial charge < -0.3 is 5.32 Å². The Hall–Kier alpha value is -2.77. The molecule has 0 spiro atoms. The van der Waals surface area contributed by atoms with E-state index in [-0.39, 0.29) is 22.0 Å². The number of sulfonamides is 1. The molecule has 0 aliphatic heterocycles.